The monoisotopic (exact) mass is 448 g/mol. The fraction of sp³-hybridized carbons (Fsp3) is 0.417. The smallest absolute Gasteiger partial charge is 0.242 e. The second kappa shape index (κ2) is 12.0. The van der Waals surface area contributed by atoms with Gasteiger partial charge in [0.05, 0.1) is 0 Å². The van der Waals surface area contributed by atoms with Crippen molar-refractivity contribution in [2.75, 3.05) is 6.54 Å². The van der Waals surface area contributed by atoms with Gasteiger partial charge in [-0.05, 0) is 55.0 Å². The minimum Gasteiger partial charge on any atom is -0.354 e. The molecule has 1 atom stereocenters. The molecular formula is C24H30Cl2N2O2. The van der Waals surface area contributed by atoms with Crippen LogP contribution in [0, 0.1) is 0 Å². The molecule has 0 aliphatic rings. The summed E-state index contributed by atoms with van der Waals surface area (Å²) < 4.78 is 0. The second-order valence-electron chi connectivity index (χ2n) is 7.39. The molecule has 2 rings (SSSR count). The highest BCUT2D eigenvalue weighted by atomic mass is 35.5. The molecule has 0 aromatic heterocycles. The molecule has 2 aromatic rings. The number of rotatable bonds is 10. The zero-order chi connectivity index (χ0) is 22.1. The topological polar surface area (TPSA) is 49.4 Å². The van der Waals surface area contributed by atoms with E-state index < -0.39 is 6.04 Å². The van der Waals surface area contributed by atoms with Crippen molar-refractivity contribution in [3.8, 4) is 0 Å². The number of hydrogen-bond donors (Lipinski definition) is 1. The Labute approximate surface area is 189 Å². The van der Waals surface area contributed by atoms with Crippen molar-refractivity contribution < 1.29 is 9.59 Å². The molecule has 0 fully saturated rings. The number of carbonyl (C=O) groups is 2. The summed E-state index contributed by atoms with van der Waals surface area (Å²) in [6.45, 7) is 6.69. The van der Waals surface area contributed by atoms with Crippen LogP contribution in [0.25, 0.3) is 0 Å². The van der Waals surface area contributed by atoms with Crippen LogP contribution in [0.4, 0.5) is 0 Å². The number of carbonyl (C=O) groups excluding carboxylic acids is 2. The second-order valence-corrected chi connectivity index (χ2v) is 8.24. The van der Waals surface area contributed by atoms with Gasteiger partial charge < -0.3 is 10.2 Å². The lowest BCUT2D eigenvalue weighted by Crippen LogP contribution is -2.47. The Hall–Kier alpha value is -2.04. The third-order valence-corrected chi connectivity index (χ3v) is 5.72. The zero-order valence-electron chi connectivity index (χ0n) is 17.9. The number of amides is 2. The van der Waals surface area contributed by atoms with Crippen LogP contribution in [-0.4, -0.2) is 29.3 Å². The summed E-state index contributed by atoms with van der Waals surface area (Å²) in [5, 5.41) is 3.89. The lowest BCUT2D eigenvalue weighted by Gasteiger charge is -2.29. The van der Waals surface area contributed by atoms with E-state index in [1.165, 1.54) is 5.56 Å². The van der Waals surface area contributed by atoms with Gasteiger partial charge in [-0.15, -0.1) is 0 Å². The van der Waals surface area contributed by atoms with Crippen LogP contribution >= 0.6 is 23.2 Å². The van der Waals surface area contributed by atoms with Crippen molar-refractivity contribution in [3.63, 3.8) is 0 Å². The number of aryl methyl sites for hydroxylation is 2. The maximum Gasteiger partial charge on any atom is 0.242 e. The van der Waals surface area contributed by atoms with E-state index in [0.29, 0.717) is 29.4 Å². The quantitative estimate of drug-likeness (QED) is 0.526. The highest BCUT2D eigenvalue weighted by molar-refractivity contribution is 6.35. The molecule has 1 N–H and O–H groups in total. The van der Waals surface area contributed by atoms with Gasteiger partial charge in [0.15, 0.2) is 0 Å². The Morgan fingerprint density at radius 3 is 2.30 bits per heavy atom. The van der Waals surface area contributed by atoms with E-state index in [0.717, 1.165) is 24.0 Å². The first kappa shape index (κ1) is 24.2. The Bertz CT molecular complexity index is 853. The van der Waals surface area contributed by atoms with Gasteiger partial charge in [-0.1, -0.05) is 67.4 Å². The Balaban J connectivity index is 2.15. The van der Waals surface area contributed by atoms with Crippen molar-refractivity contribution in [1.82, 2.24) is 10.2 Å². The molecule has 0 spiro atoms. The predicted molar refractivity (Wildman–Crippen MR) is 124 cm³/mol. The minimum absolute atomic E-state index is 0.0836. The van der Waals surface area contributed by atoms with Crippen molar-refractivity contribution in [3.05, 3.63) is 69.2 Å². The summed E-state index contributed by atoms with van der Waals surface area (Å²) in [5.41, 5.74) is 3.13. The van der Waals surface area contributed by atoms with Gasteiger partial charge in [0.1, 0.15) is 6.04 Å². The van der Waals surface area contributed by atoms with Crippen LogP contribution in [0.5, 0.6) is 0 Å². The van der Waals surface area contributed by atoms with Gasteiger partial charge in [0, 0.05) is 29.6 Å². The third kappa shape index (κ3) is 7.03. The summed E-state index contributed by atoms with van der Waals surface area (Å²) in [7, 11) is 0. The molecule has 162 valence electrons. The number of benzene rings is 2. The molecule has 30 heavy (non-hydrogen) atoms. The summed E-state index contributed by atoms with van der Waals surface area (Å²) in [6, 6.07) is 12.9. The summed E-state index contributed by atoms with van der Waals surface area (Å²) in [6.07, 6.45) is 2.77. The normalized spacial score (nSPS) is 11.8. The van der Waals surface area contributed by atoms with Crippen molar-refractivity contribution in [2.24, 2.45) is 0 Å². The molecule has 2 aromatic carbocycles. The number of hydrogen-bond acceptors (Lipinski definition) is 2. The standard InChI is InChI=1S/C24H30Cl2N2O2/c1-4-14-27-24(30)17(3)28(16-20-11-12-21(25)15-22(20)26)23(29)13-10-19-8-6-18(5-2)7-9-19/h6-9,11-12,15,17H,4-5,10,13-14,16H2,1-3H3,(H,27,30)/t17-/m1/s1. The lowest BCUT2D eigenvalue weighted by atomic mass is 10.0. The fourth-order valence-electron chi connectivity index (χ4n) is 3.15. The number of nitrogens with one attached hydrogen (secondary N) is 1. The highest BCUT2D eigenvalue weighted by Gasteiger charge is 2.26. The molecule has 2 amide bonds. The van der Waals surface area contributed by atoms with Gasteiger partial charge >= 0.3 is 0 Å². The van der Waals surface area contributed by atoms with E-state index in [-0.39, 0.29) is 18.4 Å². The Kier molecular flexibility index (Phi) is 9.67. The van der Waals surface area contributed by atoms with E-state index in [1.54, 1.807) is 30.0 Å². The van der Waals surface area contributed by atoms with E-state index in [2.05, 4.69) is 36.5 Å². The molecule has 0 aliphatic carbocycles. The number of halogens is 2. The maximum absolute atomic E-state index is 13.1. The lowest BCUT2D eigenvalue weighted by molar-refractivity contribution is -0.140. The van der Waals surface area contributed by atoms with E-state index in [9.17, 15) is 9.59 Å². The van der Waals surface area contributed by atoms with Crippen LogP contribution in [0.2, 0.25) is 10.0 Å². The van der Waals surface area contributed by atoms with E-state index in [1.807, 2.05) is 6.92 Å². The minimum atomic E-state index is -0.599. The molecule has 0 radical (unpaired) electrons. The summed E-state index contributed by atoms with van der Waals surface area (Å²) in [5.74, 6) is -0.248. The zero-order valence-corrected chi connectivity index (χ0v) is 19.4. The molecule has 0 saturated carbocycles. The highest BCUT2D eigenvalue weighted by Crippen LogP contribution is 2.23. The van der Waals surface area contributed by atoms with Crippen LogP contribution in [0.15, 0.2) is 42.5 Å². The molecule has 0 aliphatic heterocycles. The van der Waals surface area contributed by atoms with E-state index in [4.69, 9.17) is 23.2 Å². The van der Waals surface area contributed by atoms with Gasteiger partial charge in [-0.3, -0.25) is 9.59 Å². The maximum atomic E-state index is 13.1. The fourth-order valence-corrected chi connectivity index (χ4v) is 3.62. The molecule has 0 unspecified atom stereocenters. The van der Waals surface area contributed by atoms with Gasteiger partial charge in [-0.2, -0.15) is 0 Å². The van der Waals surface area contributed by atoms with Crippen LogP contribution in [0.1, 0.15) is 50.3 Å². The van der Waals surface area contributed by atoms with Crippen molar-refractivity contribution in [1.29, 1.82) is 0 Å². The summed E-state index contributed by atoms with van der Waals surface area (Å²) >= 11 is 12.3. The van der Waals surface area contributed by atoms with Gasteiger partial charge in [-0.25, -0.2) is 0 Å². The van der Waals surface area contributed by atoms with Crippen LogP contribution in [0.3, 0.4) is 0 Å². The van der Waals surface area contributed by atoms with Crippen molar-refractivity contribution >= 4 is 35.0 Å². The first-order chi connectivity index (χ1) is 14.3. The molecule has 0 bridgehead atoms. The molecule has 6 heteroatoms. The third-order valence-electron chi connectivity index (χ3n) is 5.13. The van der Waals surface area contributed by atoms with E-state index >= 15 is 0 Å². The molecule has 4 nitrogen and oxygen atoms in total. The SMILES string of the molecule is CCCNC(=O)[C@@H](C)N(Cc1ccc(Cl)cc1Cl)C(=O)CCc1ccc(CC)cc1. The molecule has 0 heterocycles. The predicted octanol–water partition coefficient (Wildman–Crippen LogP) is 5.43. The summed E-state index contributed by atoms with van der Waals surface area (Å²) in [4.78, 5) is 27.3. The van der Waals surface area contributed by atoms with Gasteiger partial charge in [0.25, 0.3) is 0 Å². The van der Waals surface area contributed by atoms with Crippen LogP contribution < -0.4 is 5.32 Å². The average molecular weight is 449 g/mol. The van der Waals surface area contributed by atoms with Crippen LogP contribution in [-0.2, 0) is 29.0 Å². The Morgan fingerprint density at radius 1 is 1.03 bits per heavy atom. The molecular weight excluding hydrogens is 419 g/mol. The van der Waals surface area contributed by atoms with Gasteiger partial charge in [0.2, 0.25) is 11.8 Å². The first-order valence-corrected chi connectivity index (χ1v) is 11.2. The van der Waals surface area contributed by atoms with Crippen molar-refractivity contribution in [2.45, 2.75) is 59.0 Å². The largest absolute Gasteiger partial charge is 0.354 e. The Morgan fingerprint density at radius 2 is 1.70 bits per heavy atom. The first-order valence-electron chi connectivity index (χ1n) is 10.4. The molecule has 0 saturated heterocycles. The average Bonchev–Trinajstić information content (AvgIpc) is 2.75. The number of nitrogens with zero attached hydrogens (tertiary/aromatic N) is 1.